The molecule has 2 aliphatic heterocycles. The second kappa shape index (κ2) is 3.98. The van der Waals surface area contributed by atoms with E-state index in [0.717, 1.165) is 50.6 Å². The number of nitrogens with zero attached hydrogens (tertiary/aromatic N) is 2. The van der Waals surface area contributed by atoms with Crippen LogP contribution in [0.25, 0.3) is 22.3 Å². The maximum Gasteiger partial charge on any atom is 0.150 e. The SMILES string of the molecule is O=Cc1ccc2c(c1)-c1cc3c(cc1=N2)-c1ccccc1N=3. The number of para-hydroxylation sites is 1. The van der Waals surface area contributed by atoms with Crippen LogP contribution < -0.4 is 10.7 Å². The first kappa shape index (κ1) is 11.6. The highest BCUT2D eigenvalue weighted by atomic mass is 16.1. The van der Waals surface area contributed by atoms with Crippen molar-refractivity contribution in [2.75, 3.05) is 0 Å². The van der Waals surface area contributed by atoms with Gasteiger partial charge in [-0.2, -0.15) is 0 Å². The van der Waals surface area contributed by atoms with Gasteiger partial charge in [-0.25, -0.2) is 9.98 Å². The van der Waals surface area contributed by atoms with E-state index in [4.69, 9.17) is 4.99 Å². The maximum atomic E-state index is 11.0. The molecule has 0 aliphatic carbocycles. The number of fused-ring (bicyclic) bond motifs is 6. The molecule has 102 valence electrons. The highest BCUT2D eigenvalue weighted by Gasteiger charge is 2.19. The zero-order chi connectivity index (χ0) is 14.7. The van der Waals surface area contributed by atoms with Crippen LogP contribution in [-0.2, 0) is 0 Å². The summed E-state index contributed by atoms with van der Waals surface area (Å²) in [4.78, 5) is 20.4. The Morgan fingerprint density at radius 3 is 2.14 bits per heavy atom. The molecule has 0 N–H and O–H groups in total. The lowest BCUT2D eigenvalue weighted by atomic mass is 9.99. The van der Waals surface area contributed by atoms with Crippen molar-refractivity contribution in [2.24, 2.45) is 9.98 Å². The zero-order valence-electron chi connectivity index (χ0n) is 11.6. The predicted molar refractivity (Wildman–Crippen MR) is 84.3 cm³/mol. The van der Waals surface area contributed by atoms with E-state index in [2.05, 4.69) is 23.2 Å². The Morgan fingerprint density at radius 2 is 1.36 bits per heavy atom. The van der Waals surface area contributed by atoms with Gasteiger partial charge in [0.15, 0.2) is 0 Å². The fourth-order valence-electron chi connectivity index (χ4n) is 3.19. The van der Waals surface area contributed by atoms with Crippen LogP contribution in [0.3, 0.4) is 0 Å². The summed E-state index contributed by atoms with van der Waals surface area (Å²) in [5.41, 5.74) is 6.92. The number of aldehydes is 1. The molecular weight excluding hydrogens is 272 g/mol. The minimum absolute atomic E-state index is 0.669. The second-order valence-electron chi connectivity index (χ2n) is 5.52. The van der Waals surface area contributed by atoms with Crippen molar-refractivity contribution >= 4 is 17.7 Å². The van der Waals surface area contributed by atoms with Gasteiger partial charge in [0.25, 0.3) is 0 Å². The number of hydrogen-bond acceptors (Lipinski definition) is 3. The highest BCUT2D eigenvalue weighted by Crippen LogP contribution is 2.36. The lowest BCUT2D eigenvalue weighted by Gasteiger charge is -2.01. The van der Waals surface area contributed by atoms with Crippen LogP contribution in [0.5, 0.6) is 0 Å². The molecule has 0 aromatic heterocycles. The minimum Gasteiger partial charge on any atom is -0.298 e. The van der Waals surface area contributed by atoms with Crippen molar-refractivity contribution in [3.63, 3.8) is 0 Å². The van der Waals surface area contributed by atoms with Gasteiger partial charge in [0, 0.05) is 27.8 Å². The molecule has 3 heteroatoms. The first-order valence-electron chi connectivity index (χ1n) is 7.14. The summed E-state index contributed by atoms with van der Waals surface area (Å²) in [6.07, 6.45) is 0.867. The Labute approximate surface area is 126 Å². The Balaban J connectivity index is 1.82. The maximum absolute atomic E-state index is 11.0. The third kappa shape index (κ3) is 1.42. The van der Waals surface area contributed by atoms with Gasteiger partial charge in [0.05, 0.1) is 22.1 Å². The molecule has 0 unspecified atom stereocenters. The third-order valence-corrected chi connectivity index (χ3v) is 4.24. The van der Waals surface area contributed by atoms with E-state index < -0.39 is 0 Å². The van der Waals surface area contributed by atoms with Crippen LogP contribution >= 0.6 is 0 Å². The van der Waals surface area contributed by atoms with Gasteiger partial charge in [0.1, 0.15) is 6.29 Å². The lowest BCUT2D eigenvalue weighted by Crippen LogP contribution is -2.11. The average Bonchev–Trinajstić information content (AvgIpc) is 3.09. The van der Waals surface area contributed by atoms with Crippen molar-refractivity contribution < 1.29 is 4.79 Å². The Hall–Kier alpha value is -3.07. The highest BCUT2D eigenvalue weighted by molar-refractivity contribution is 5.88. The molecule has 2 aliphatic rings. The van der Waals surface area contributed by atoms with Crippen molar-refractivity contribution in [1.29, 1.82) is 0 Å². The number of hydrogen-bond donors (Lipinski definition) is 0. The first-order valence-corrected chi connectivity index (χ1v) is 7.14. The molecule has 0 saturated heterocycles. The molecule has 3 aromatic rings. The van der Waals surface area contributed by atoms with Crippen molar-refractivity contribution in [3.05, 3.63) is 70.9 Å². The summed E-state index contributed by atoms with van der Waals surface area (Å²) in [6, 6.07) is 17.9. The number of rotatable bonds is 1. The average molecular weight is 282 g/mol. The molecule has 0 fully saturated rings. The largest absolute Gasteiger partial charge is 0.298 e. The Bertz CT molecular complexity index is 1100. The smallest absolute Gasteiger partial charge is 0.150 e. The number of benzene rings is 3. The van der Waals surface area contributed by atoms with Gasteiger partial charge in [-0.3, -0.25) is 4.79 Å². The van der Waals surface area contributed by atoms with Crippen molar-refractivity contribution in [3.8, 4) is 22.3 Å². The molecule has 3 aromatic carbocycles. The molecule has 0 amide bonds. The summed E-state index contributed by atoms with van der Waals surface area (Å²) in [6.45, 7) is 0. The fourth-order valence-corrected chi connectivity index (χ4v) is 3.19. The van der Waals surface area contributed by atoms with Crippen LogP contribution in [-0.4, -0.2) is 6.29 Å². The molecule has 2 heterocycles. The monoisotopic (exact) mass is 282 g/mol. The van der Waals surface area contributed by atoms with Gasteiger partial charge in [0.2, 0.25) is 0 Å². The van der Waals surface area contributed by atoms with E-state index >= 15 is 0 Å². The lowest BCUT2D eigenvalue weighted by molar-refractivity contribution is 0.112. The topological polar surface area (TPSA) is 41.8 Å². The van der Waals surface area contributed by atoms with Crippen molar-refractivity contribution in [2.45, 2.75) is 0 Å². The van der Waals surface area contributed by atoms with Gasteiger partial charge in [-0.1, -0.05) is 18.2 Å². The van der Waals surface area contributed by atoms with Crippen LogP contribution in [0, 0.1) is 0 Å². The van der Waals surface area contributed by atoms with Crippen LogP contribution in [0.15, 0.2) is 64.6 Å². The molecular formula is C19H10N2O. The Kier molecular flexibility index (Phi) is 2.09. The normalized spacial score (nSPS) is 12.5. The quantitative estimate of drug-likeness (QED) is 0.435. The molecule has 0 saturated carbocycles. The number of carbonyl (C=O) groups excluding carboxylic acids is 1. The third-order valence-electron chi connectivity index (χ3n) is 4.24. The molecule has 5 rings (SSSR count). The van der Waals surface area contributed by atoms with E-state index in [1.54, 1.807) is 6.07 Å². The van der Waals surface area contributed by atoms with Gasteiger partial charge in [-0.15, -0.1) is 0 Å². The summed E-state index contributed by atoms with van der Waals surface area (Å²) in [5.74, 6) is 0. The van der Waals surface area contributed by atoms with Gasteiger partial charge in [-0.05, 0) is 36.4 Å². The van der Waals surface area contributed by atoms with Gasteiger partial charge >= 0.3 is 0 Å². The zero-order valence-corrected chi connectivity index (χ0v) is 11.6. The van der Waals surface area contributed by atoms with Gasteiger partial charge < -0.3 is 0 Å². The van der Waals surface area contributed by atoms with Crippen molar-refractivity contribution in [1.82, 2.24) is 0 Å². The van der Waals surface area contributed by atoms with Crippen LogP contribution in [0.4, 0.5) is 11.4 Å². The minimum atomic E-state index is 0.669. The van der Waals surface area contributed by atoms with Crippen LogP contribution in [0.1, 0.15) is 10.4 Å². The first-order chi connectivity index (χ1) is 10.8. The predicted octanol–water partition coefficient (Wildman–Crippen LogP) is 3.36. The summed E-state index contributed by atoms with van der Waals surface area (Å²) >= 11 is 0. The molecule has 0 bridgehead atoms. The van der Waals surface area contributed by atoms with E-state index in [9.17, 15) is 4.79 Å². The molecule has 0 spiro atoms. The molecule has 0 radical (unpaired) electrons. The van der Waals surface area contributed by atoms with E-state index in [-0.39, 0.29) is 0 Å². The fraction of sp³-hybridized carbons (Fsp3) is 0. The molecule has 22 heavy (non-hydrogen) atoms. The summed E-state index contributed by atoms with van der Waals surface area (Å²) in [5, 5.41) is 1.92. The van der Waals surface area contributed by atoms with E-state index in [1.165, 1.54) is 0 Å². The summed E-state index contributed by atoms with van der Waals surface area (Å²) in [7, 11) is 0. The van der Waals surface area contributed by atoms with E-state index in [0.29, 0.717) is 5.56 Å². The molecule has 3 nitrogen and oxygen atoms in total. The Morgan fingerprint density at radius 1 is 0.682 bits per heavy atom. The van der Waals surface area contributed by atoms with E-state index in [1.807, 2.05) is 30.3 Å². The number of carbonyl (C=O) groups is 1. The summed E-state index contributed by atoms with van der Waals surface area (Å²) < 4.78 is 0. The standard InChI is InChI=1S/C19H10N2O/c22-10-11-5-6-17-13(7-11)15-9-18-14(8-19(15)21-17)12-3-1-2-4-16(12)20-18/h1-10H. The second-order valence-corrected chi connectivity index (χ2v) is 5.52. The molecule has 0 atom stereocenters. The van der Waals surface area contributed by atoms with Crippen LogP contribution in [0.2, 0.25) is 0 Å².